The zero-order chi connectivity index (χ0) is 16.7. The van der Waals surface area contributed by atoms with Crippen LogP contribution in [0.15, 0.2) is 36.7 Å². The number of anilines is 1. The van der Waals surface area contributed by atoms with Crippen LogP contribution in [0.5, 0.6) is 0 Å². The Kier molecular flexibility index (Phi) is 3.69. The van der Waals surface area contributed by atoms with E-state index in [0.717, 1.165) is 41.2 Å². The number of nitrogens with zero attached hydrogens (tertiary/aromatic N) is 4. The molecule has 0 bridgehead atoms. The molecule has 0 unspecified atom stereocenters. The van der Waals surface area contributed by atoms with Gasteiger partial charge in [-0.25, -0.2) is 15.0 Å². The highest BCUT2D eigenvalue weighted by Gasteiger charge is 2.30. The Morgan fingerprint density at radius 2 is 1.96 bits per heavy atom. The predicted octanol–water partition coefficient (Wildman–Crippen LogP) is 2.60. The number of nitrogens with one attached hydrogen (secondary N) is 1. The molecule has 0 aliphatic heterocycles. The fraction of sp³-hybridized carbons (Fsp3) is 0.389. The molecular weight excluding hydrogens is 302 g/mol. The normalized spacial score (nSPS) is 23.7. The molecule has 2 N–H and O–H groups in total. The van der Waals surface area contributed by atoms with Gasteiger partial charge in [-0.3, -0.25) is 0 Å². The maximum absolute atomic E-state index is 9.96. The van der Waals surface area contributed by atoms with Gasteiger partial charge in [-0.1, -0.05) is 37.3 Å². The number of imidazole rings is 1. The summed E-state index contributed by atoms with van der Waals surface area (Å²) >= 11 is 0. The molecule has 4 rings (SSSR count). The van der Waals surface area contributed by atoms with E-state index in [2.05, 4.69) is 22.2 Å². The first-order valence-corrected chi connectivity index (χ1v) is 8.31. The van der Waals surface area contributed by atoms with Crippen molar-refractivity contribution in [2.45, 2.75) is 31.9 Å². The van der Waals surface area contributed by atoms with Crippen molar-refractivity contribution in [2.24, 2.45) is 13.0 Å². The lowest BCUT2D eigenvalue weighted by atomic mass is 10.1. The molecule has 0 radical (unpaired) electrons. The Morgan fingerprint density at radius 3 is 2.67 bits per heavy atom. The van der Waals surface area contributed by atoms with Crippen LogP contribution in [0.3, 0.4) is 0 Å². The van der Waals surface area contributed by atoms with Crippen LogP contribution < -0.4 is 5.32 Å². The molecule has 1 saturated carbocycles. The van der Waals surface area contributed by atoms with Crippen LogP contribution in [-0.4, -0.2) is 36.8 Å². The molecule has 2 heterocycles. The van der Waals surface area contributed by atoms with Crippen molar-refractivity contribution in [3.8, 4) is 11.4 Å². The second kappa shape index (κ2) is 5.87. The summed E-state index contributed by atoms with van der Waals surface area (Å²) < 4.78 is 1.99. The molecule has 3 atom stereocenters. The third-order valence-corrected chi connectivity index (χ3v) is 4.87. The highest BCUT2D eigenvalue weighted by atomic mass is 16.3. The fourth-order valence-electron chi connectivity index (χ4n) is 3.49. The van der Waals surface area contributed by atoms with Crippen LogP contribution in [0.4, 0.5) is 5.82 Å². The molecule has 0 spiro atoms. The molecule has 124 valence electrons. The first-order chi connectivity index (χ1) is 11.6. The maximum Gasteiger partial charge on any atom is 0.165 e. The van der Waals surface area contributed by atoms with Gasteiger partial charge in [0.25, 0.3) is 0 Å². The fourth-order valence-corrected chi connectivity index (χ4v) is 3.49. The van der Waals surface area contributed by atoms with E-state index in [1.165, 1.54) is 0 Å². The Morgan fingerprint density at radius 1 is 1.17 bits per heavy atom. The van der Waals surface area contributed by atoms with Crippen LogP contribution in [0, 0.1) is 5.92 Å². The Labute approximate surface area is 140 Å². The number of fused-ring (bicyclic) bond motifs is 1. The average Bonchev–Trinajstić information content (AvgIpc) is 3.09. The van der Waals surface area contributed by atoms with Gasteiger partial charge in [0.1, 0.15) is 12.2 Å². The number of benzene rings is 1. The van der Waals surface area contributed by atoms with Crippen molar-refractivity contribution in [2.75, 3.05) is 5.32 Å². The van der Waals surface area contributed by atoms with Crippen molar-refractivity contribution in [3.63, 3.8) is 0 Å². The van der Waals surface area contributed by atoms with E-state index in [-0.39, 0.29) is 12.1 Å². The number of rotatable bonds is 3. The third-order valence-electron chi connectivity index (χ3n) is 4.87. The van der Waals surface area contributed by atoms with E-state index in [4.69, 9.17) is 4.98 Å². The predicted molar refractivity (Wildman–Crippen MR) is 93.6 cm³/mol. The van der Waals surface area contributed by atoms with Gasteiger partial charge in [-0.05, 0) is 18.8 Å². The SMILES string of the molecule is C[C@H]1C[C@@H](Nc2ncnc3c2nc(-c2ccccc2)n3C)C[C@@H]1O. The number of aliphatic hydroxyl groups is 1. The van der Waals surface area contributed by atoms with Crippen LogP contribution >= 0.6 is 0 Å². The van der Waals surface area contributed by atoms with Gasteiger partial charge in [-0.2, -0.15) is 0 Å². The zero-order valence-electron chi connectivity index (χ0n) is 13.8. The van der Waals surface area contributed by atoms with Crippen LogP contribution in [0.2, 0.25) is 0 Å². The van der Waals surface area contributed by atoms with Gasteiger partial charge in [0, 0.05) is 18.7 Å². The lowest BCUT2D eigenvalue weighted by molar-refractivity contribution is 0.141. The molecule has 6 nitrogen and oxygen atoms in total. The molecule has 1 aromatic carbocycles. The van der Waals surface area contributed by atoms with Crippen LogP contribution in [-0.2, 0) is 7.05 Å². The number of aromatic nitrogens is 4. The quantitative estimate of drug-likeness (QED) is 0.775. The number of aliphatic hydroxyl groups excluding tert-OH is 1. The van der Waals surface area contributed by atoms with Crippen LogP contribution in [0.25, 0.3) is 22.6 Å². The second-order valence-corrected chi connectivity index (χ2v) is 6.61. The molecule has 1 aliphatic carbocycles. The van der Waals surface area contributed by atoms with Crippen molar-refractivity contribution in [1.82, 2.24) is 19.5 Å². The monoisotopic (exact) mass is 323 g/mol. The van der Waals surface area contributed by atoms with E-state index in [1.807, 2.05) is 41.9 Å². The lowest BCUT2D eigenvalue weighted by Crippen LogP contribution is -2.17. The number of hydrogen-bond acceptors (Lipinski definition) is 5. The highest BCUT2D eigenvalue weighted by molar-refractivity contribution is 5.86. The minimum Gasteiger partial charge on any atom is -0.393 e. The summed E-state index contributed by atoms with van der Waals surface area (Å²) in [5.74, 6) is 1.92. The largest absolute Gasteiger partial charge is 0.393 e. The number of hydrogen-bond donors (Lipinski definition) is 2. The van der Waals surface area contributed by atoms with Crippen molar-refractivity contribution >= 4 is 17.0 Å². The van der Waals surface area contributed by atoms with Gasteiger partial charge in [-0.15, -0.1) is 0 Å². The lowest BCUT2D eigenvalue weighted by Gasteiger charge is -2.12. The van der Waals surface area contributed by atoms with Gasteiger partial charge < -0.3 is 15.0 Å². The van der Waals surface area contributed by atoms with E-state index in [9.17, 15) is 5.11 Å². The first kappa shape index (κ1) is 15.1. The minimum absolute atomic E-state index is 0.218. The summed E-state index contributed by atoms with van der Waals surface area (Å²) in [5, 5.41) is 13.4. The number of aryl methyl sites for hydroxylation is 1. The third kappa shape index (κ3) is 2.53. The van der Waals surface area contributed by atoms with Gasteiger partial charge >= 0.3 is 0 Å². The smallest absolute Gasteiger partial charge is 0.165 e. The second-order valence-electron chi connectivity index (χ2n) is 6.61. The minimum atomic E-state index is -0.247. The molecule has 3 aromatic rings. The molecule has 24 heavy (non-hydrogen) atoms. The van der Waals surface area contributed by atoms with Crippen molar-refractivity contribution in [3.05, 3.63) is 36.7 Å². The van der Waals surface area contributed by atoms with Crippen molar-refractivity contribution in [1.29, 1.82) is 0 Å². The summed E-state index contributed by atoms with van der Waals surface area (Å²) in [7, 11) is 1.97. The molecular formula is C18H21N5O. The maximum atomic E-state index is 9.96. The average molecular weight is 323 g/mol. The summed E-state index contributed by atoms with van der Waals surface area (Å²) in [6.45, 7) is 2.08. The molecule has 6 heteroatoms. The highest BCUT2D eigenvalue weighted by Crippen LogP contribution is 2.30. The Balaban J connectivity index is 1.73. The van der Waals surface area contributed by atoms with E-state index < -0.39 is 0 Å². The molecule has 1 fully saturated rings. The van der Waals surface area contributed by atoms with Crippen molar-refractivity contribution < 1.29 is 5.11 Å². The van der Waals surface area contributed by atoms with E-state index in [1.54, 1.807) is 6.33 Å². The van der Waals surface area contributed by atoms with Gasteiger partial charge in [0.15, 0.2) is 17.0 Å². The van der Waals surface area contributed by atoms with Gasteiger partial charge in [0.05, 0.1) is 6.10 Å². The summed E-state index contributed by atoms with van der Waals surface area (Å²) in [4.78, 5) is 13.6. The summed E-state index contributed by atoms with van der Waals surface area (Å²) in [5.41, 5.74) is 2.62. The van der Waals surface area contributed by atoms with E-state index >= 15 is 0 Å². The topological polar surface area (TPSA) is 75.9 Å². The van der Waals surface area contributed by atoms with E-state index in [0.29, 0.717) is 5.92 Å². The first-order valence-electron chi connectivity index (χ1n) is 8.31. The molecule has 0 saturated heterocycles. The Hall–Kier alpha value is -2.47. The molecule has 2 aromatic heterocycles. The zero-order valence-corrected chi connectivity index (χ0v) is 13.8. The summed E-state index contributed by atoms with van der Waals surface area (Å²) in [6, 6.07) is 10.3. The Bertz CT molecular complexity index is 850. The summed E-state index contributed by atoms with van der Waals surface area (Å²) in [6.07, 6.45) is 3.00. The molecule has 0 amide bonds. The van der Waals surface area contributed by atoms with Gasteiger partial charge in [0.2, 0.25) is 0 Å². The van der Waals surface area contributed by atoms with Crippen LogP contribution in [0.1, 0.15) is 19.8 Å². The molecule has 1 aliphatic rings. The standard InChI is InChI=1S/C18H21N5O/c1-11-8-13(9-14(11)24)21-16-15-18(20-10-19-16)23(2)17(22-15)12-6-4-3-5-7-12/h3-7,10-11,13-14,24H,8-9H2,1-2H3,(H,19,20,21)/t11-,13+,14-/m0/s1.